The van der Waals surface area contributed by atoms with Gasteiger partial charge in [0.1, 0.15) is 0 Å². The number of aromatic nitrogens is 2. The molecule has 0 fully saturated rings. The lowest BCUT2D eigenvalue weighted by Crippen LogP contribution is -2.28. The number of nitrogens with one attached hydrogen (secondary N) is 1. The fourth-order valence-corrected chi connectivity index (χ4v) is 2.68. The second-order valence-electron chi connectivity index (χ2n) is 4.37. The fourth-order valence-electron chi connectivity index (χ4n) is 2.22. The molecule has 0 atom stereocenters. The molecule has 2 aromatic rings. The van der Waals surface area contributed by atoms with E-state index in [0.717, 1.165) is 36.5 Å². The summed E-state index contributed by atoms with van der Waals surface area (Å²) in [6.45, 7) is 2.41. The molecule has 1 aliphatic rings. The molecule has 1 aromatic heterocycles. The Bertz CT molecular complexity index is 713. The van der Waals surface area contributed by atoms with Crippen LogP contribution in [0.5, 0.6) is 0 Å². The minimum Gasteiger partial charge on any atom is -0.309 e. The summed E-state index contributed by atoms with van der Waals surface area (Å²) in [4.78, 5) is -0.324. The Hall–Kier alpha value is -1.44. The van der Waals surface area contributed by atoms with Crippen LogP contribution in [0, 0.1) is 0 Å². The maximum Gasteiger partial charge on any atom is 0.332 e. The van der Waals surface area contributed by atoms with Crippen LogP contribution in [0.25, 0.3) is 11.1 Å². The minimum absolute atomic E-state index is 0. The molecular formula is C12H13ClFN3O2S. The zero-order valence-electron chi connectivity index (χ0n) is 10.4. The van der Waals surface area contributed by atoms with Gasteiger partial charge in [-0.15, -0.1) is 16.3 Å². The van der Waals surface area contributed by atoms with Crippen molar-refractivity contribution in [3.05, 3.63) is 36.2 Å². The van der Waals surface area contributed by atoms with Crippen molar-refractivity contribution in [2.45, 2.75) is 18.0 Å². The van der Waals surface area contributed by atoms with Crippen molar-refractivity contribution in [1.82, 2.24) is 15.1 Å². The highest BCUT2D eigenvalue weighted by molar-refractivity contribution is 7.86. The largest absolute Gasteiger partial charge is 0.332 e. The normalized spacial score (nSPS) is 14.4. The van der Waals surface area contributed by atoms with Crippen molar-refractivity contribution in [3.63, 3.8) is 0 Å². The summed E-state index contributed by atoms with van der Waals surface area (Å²) in [5.74, 6) is 0. The van der Waals surface area contributed by atoms with Crippen molar-refractivity contribution in [2.75, 3.05) is 6.54 Å². The highest BCUT2D eigenvalue weighted by Crippen LogP contribution is 2.26. The lowest BCUT2D eigenvalue weighted by molar-refractivity contribution is 0.476. The average molecular weight is 318 g/mol. The van der Waals surface area contributed by atoms with E-state index in [1.807, 2.05) is 4.68 Å². The van der Waals surface area contributed by atoms with Gasteiger partial charge >= 0.3 is 10.2 Å². The molecule has 2 heterocycles. The molecule has 0 aliphatic carbocycles. The van der Waals surface area contributed by atoms with E-state index in [4.69, 9.17) is 0 Å². The van der Waals surface area contributed by atoms with Gasteiger partial charge in [0.2, 0.25) is 0 Å². The predicted octanol–water partition coefficient (Wildman–Crippen LogP) is 1.73. The molecule has 3 rings (SSSR count). The van der Waals surface area contributed by atoms with Gasteiger partial charge in [-0.3, -0.25) is 4.68 Å². The molecule has 0 unspecified atom stereocenters. The summed E-state index contributed by atoms with van der Waals surface area (Å²) in [5.41, 5.74) is 2.83. The molecule has 0 spiro atoms. The first kappa shape index (κ1) is 15.0. The van der Waals surface area contributed by atoms with Crippen LogP contribution >= 0.6 is 12.4 Å². The first-order valence-electron chi connectivity index (χ1n) is 5.86. The molecular weight excluding hydrogens is 305 g/mol. The molecule has 1 N–H and O–H groups in total. The van der Waals surface area contributed by atoms with E-state index in [9.17, 15) is 12.3 Å². The Morgan fingerprint density at radius 1 is 1.25 bits per heavy atom. The van der Waals surface area contributed by atoms with Gasteiger partial charge in [-0.2, -0.15) is 13.5 Å². The van der Waals surface area contributed by atoms with Gasteiger partial charge in [0, 0.05) is 18.7 Å². The van der Waals surface area contributed by atoms with Gasteiger partial charge in [-0.25, -0.2) is 0 Å². The maximum absolute atomic E-state index is 12.8. The van der Waals surface area contributed by atoms with E-state index in [1.165, 1.54) is 12.1 Å². The molecule has 1 aliphatic heterocycles. The Balaban J connectivity index is 0.00000147. The first-order valence-corrected chi connectivity index (χ1v) is 7.24. The van der Waals surface area contributed by atoms with Crippen LogP contribution in [0.3, 0.4) is 0 Å². The highest BCUT2D eigenvalue weighted by Gasteiger charge is 2.17. The number of hydrogen-bond donors (Lipinski definition) is 1. The Labute approximate surface area is 122 Å². The molecule has 20 heavy (non-hydrogen) atoms. The number of nitrogens with zero attached hydrogens (tertiary/aromatic N) is 2. The number of fused-ring (bicyclic) bond motifs is 1. The van der Waals surface area contributed by atoms with Gasteiger partial charge < -0.3 is 5.32 Å². The van der Waals surface area contributed by atoms with Gasteiger partial charge in [0.15, 0.2) is 0 Å². The van der Waals surface area contributed by atoms with Crippen LogP contribution in [0.15, 0.2) is 35.4 Å². The fraction of sp³-hybridized carbons (Fsp3) is 0.250. The van der Waals surface area contributed by atoms with Gasteiger partial charge in [-0.05, 0) is 17.7 Å². The van der Waals surface area contributed by atoms with E-state index < -0.39 is 10.2 Å². The van der Waals surface area contributed by atoms with Crippen LogP contribution in [0.2, 0.25) is 0 Å². The van der Waals surface area contributed by atoms with E-state index in [-0.39, 0.29) is 17.3 Å². The third-order valence-electron chi connectivity index (χ3n) is 3.19. The van der Waals surface area contributed by atoms with E-state index >= 15 is 0 Å². The van der Waals surface area contributed by atoms with Crippen LogP contribution in [-0.4, -0.2) is 24.7 Å². The van der Waals surface area contributed by atoms with Crippen molar-refractivity contribution in [3.8, 4) is 11.1 Å². The zero-order chi connectivity index (χ0) is 13.5. The molecule has 0 bridgehead atoms. The number of hydrogen-bond acceptors (Lipinski definition) is 4. The summed E-state index contributed by atoms with van der Waals surface area (Å²) in [6, 6.07) is 5.73. The summed E-state index contributed by atoms with van der Waals surface area (Å²) < 4.78 is 36.3. The summed E-state index contributed by atoms with van der Waals surface area (Å²) in [6.07, 6.45) is 1.75. The van der Waals surface area contributed by atoms with Crippen LogP contribution in [-0.2, 0) is 23.3 Å². The molecule has 0 amide bonds. The van der Waals surface area contributed by atoms with E-state index in [1.54, 1.807) is 18.3 Å². The van der Waals surface area contributed by atoms with Crippen molar-refractivity contribution in [1.29, 1.82) is 0 Å². The number of halogens is 2. The smallest absolute Gasteiger partial charge is 0.309 e. The first-order chi connectivity index (χ1) is 9.05. The van der Waals surface area contributed by atoms with Crippen molar-refractivity contribution < 1.29 is 12.3 Å². The van der Waals surface area contributed by atoms with Crippen molar-refractivity contribution in [2.24, 2.45) is 0 Å². The number of rotatable bonds is 2. The standard InChI is InChI=1S/C12H12FN3O2S.ClH/c13-19(17,18)10-3-1-9(2-4-10)11-7-15-16-6-5-14-8-12(11)16;/h1-4,7,14H,5-6,8H2;1H. The van der Waals surface area contributed by atoms with Gasteiger partial charge in [-0.1, -0.05) is 12.1 Å². The Morgan fingerprint density at radius 3 is 2.60 bits per heavy atom. The van der Waals surface area contributed by atoms with Crippen LogP contribution < -0.4 is 5.32 Å². The molecule has 108 valence electrons. The Morgan fingerprint density at radius 2 is 1.95 bits per heavy atom. The summed E-state index contributed by atoms with van der Waals surface area (Å²) in [7, 11) is -4.64. The lowest BCUT2D eigenvalue weighted by atomic mass is 10.1. The number of benzene rings is 1. The highest BCUT2D eigenvalue weighted by atomic mass is 35.5. The van der Waals surface area contributed by atoms with E-state index in [0.29, 0.717) is 0 Å². The molecule has 0 saturated heterocycles. The summed E-state index contributed by atoms with van der Waals surface area (Å²) in [5, 5.41) is 7.54. The molecule has 1 aromatic carbocycles. The second kappa shape index (κ2) is 5.51. The van der Waals surface area contributed by atoms with E-state index in [2.05, 4.69) is 10.4 Å². The molecule has 0 radical (unpaired) electrons. The molecule has 5 nitrogen and oxygen atoms in total. The SMILES string of the molecule is Cl.O=S(=O)(F)c1ccc(-c2cnn3c2CNCC3)cc1. The van der Waals surface area contributed by atoms with Crippen molar-refractivity contribution >= 4 is 22.6 Å². The molecule has 0 saturated carbocycles. The maximum atomic E-state index is 12.8. The quantitative estimate of drug-likeness (QED) is 0.857. The minimum atomic E-state index is -4.64. The topological polar surface area (TPSA) is 64.0 Å². The lowest BCUT2D eigenvalue weighted by Gasteiger charge is -2.16. The van der Waals surface area contributed by atoms with Gasteiger partial charge in [0.25, 0.3) is 0 Å². The Kier molecular flexibility index (Phi) is 4.12. The van der Waals surface area contributed by atoms with Crippen LogP contribution in [0.1, 0.15) is 5.69 Å². The average Bonchev–Trinajstić information content (AvgIpc) is 2.82. The third-order valence-corrected chi connectivity index (χ3v) is 4.02. The zero-order valence-corrected chi connectivity index (χ0v) is 12.0. The van der Waals surface area contributed by atoms with Crippen LogP contribution in [0.4, 0.5) is 3.89 Å². The third kappa shape index (κ3) is 2.70. The predicted molar refractivity (Wildman–Crippen MR) is 74.9 cm³/mol. The van der Waals surface area contributed by atoms with Gasteiger partial charge in [0.05, 0.1) is 23.3 Å². The second-order valence-corrected chi connectivity index (χ2v) is 5.71. The summed E-state index contributed by atoms with van der Waals surface area (Å²) >= 11 is 0. The molecule has 8 heteroatoms. The monoisotopic (exact) mass is 317 g/mol.